The number of nitrogens with one attached hydrogen (secondary N) is 1. The number of halogens is 1. The summed E-state index contributed by atoms with van der Waals surface area (Å²) in [6, 6.07) is 13.5. The smallest absolute Gasteiger partial charge is 0.265 e. The normalized spacial score (nSPS) is 10.6. The summed E-state index contributed by atoms with van der Waals surface area (Å²) in [6.07, 6.45) is 0. The highest BCUT2D eigenvalue weighted by atomic mass is 35.5. The minimum Gasteiger partial charge on any atom is -0.487 e. The van der Waals surface area contributed by atoms with Crippen LogP contribution in [0.5, 0.6) is 5.75 Å². The lowest BCUT2D eigenvalue weighted by Crippen LogP contribution is -2.11. The molecule has 0 spiro atoms. The Balaban J connectivity index is 1.65. The molecule has 1 N–H and O–H groups in total. The standard InChI is InChI=1S/C21H20ClNO2S/c1-13-5-7-18(15(3)8-13)23-21(24)20-10-16(12-26-20)11-25-19-9-14(2)4-6-17(19)22/h4-10,12H,11H2,1-3H3,(H,23,24). The molecule has 0 atom stereocenters. The Bertz CT molecular complexity index is 949. The van der Waals surface area contributed by atoms with Gasteiger partial charge in [-0.15, -0.1) is 11.3 Å². The Morgan fingerprint density at radius 3 is 2.58 bits per heavy atom. The second-order valence-corrected chi connectivity index (χ2v) is 7.63. The molecule has 0 bridgehead atoms. The van der Waals surface area contributed by atoms with Gasteiger partial charge in [0, 0.05) is 11.3 Å². The van der Waals surface area contributed by atoms with E-state index in [0.29, 0.717) is 22.3 Å². The maximum absolute atomic E-state index is 12.5. The van der Waals surface area contributed by atoms with Crippen LogP contribution in [0, 0.1) is 20.8 Å². The molecule has 1 heterocycles. The van der Waals surface area contributed by atoms with Crippen LogP contribution in [0.15, 0.2) is 47.8 Å². The first-order chi connectivity index (χ1) is 12.4. The molecule has 0 fully saturated rings. The first-order valence-electron chi connectivity index (χ1n) is 8.27. The third-order valence-electron chi connectivity index (χ3n) is 3.99. The van der Waals surface area contributed by atoms with E-state index in [2.05, 4.69) is 11.4 Å². The Morgan fingerprint density at radius 2 is 1.81 bits per heavy atom. The van der Waals surface area contributed by atoms with Crippen molar-refractivity contribution in [2.24, 2.45) is 0 Å². The monoisotopic (exact) mass is 385 g/mol. The first kappa shape index (κ1) is 18.5. The zero-order valence-electron chi connectivity index (χ0n) is 14.9. The van der Waals surface area contributed by atoms with Gasteiger partial charge in [-0.25, -0.2) is 0 Å². The van der Waals surface area contributed by atoms with Gasteiger partial charge in [0.05, 0.1) is 9.90 Å². The van der Waals surface area contributed by atoms with Gasteiger partial charge in [0.25, 0.3) is 5.91 Å². The number of hydrogen-bond donors (Lipinski definition) is 1. The predicted molar refractivity (Wildman–Crippen MR) is 109 cm³/mol. The van der Waals surface area contributed by atoms with Gasteiger partial charge in [-0.3, -0.25) is 4.79 Å². The highest BCUT2D eigenvalue weighted by Gasteiger charge is 2.12. The second kappa shape index (κ2) is 7.94. The summed E-state index contributed by atoms with van der Waals surface area (Å²) in [7, 11) is 0. The molecule has 0 aliphatic carbocycles. The number of amides is 1. The van der Waals surface area contributed by atoms with Gasteiger partial charge in [0.15, 0.2) is 0 Å². The molecule has 0 saturated carbocycles. The van der Waals surface area contributed by atoms with Crippen LogP contribution in [0.4, 0.5) is 5.69 Å². The molecule has 3 aromatic rings. The molecule has 134 valence electrons. The van der Waals surface area contributed by atoms with Crippen molar-refractivity contribution in [2.75, 3.05) is 5.32 Å². The quantitative estimate of drug-likeness (QED) is 0.571. The van der Waals surface area contributed by atoms with Gasteiger partial charge in [-0.2, -0.15) is 0 Å². The van der Waals surface area contributed by atoms with Crippen molar-refractivity contribution in [3.8, 4) is 5.75 Å². The average molecular weight is 386 g/mol. The van der Waals surface area contributed by atoms with E-state index in [1.807, 2.05) is 62.5 Å². The third kappa shape index (κ3) is 4.45. The lowest BCUT2D eigenvalue weighted by molar-refractivity contribution is 0.103. The van der Waals surface area contributed by atoms with Crippen LogP contribution < -0.4 is 10.1 Å². The van der Waals surface area contributed by atoms with E-state index < -0.39 is 0 Å². The van der Waals surface area contributed by atoms with E-state index in [9.17, 15) is 4.79 Å². The van der Waals surface area contributed by atoms with Crippen LogP contribution in [0.2, 0.25) is 5.02 Å². The molecule has 3 rings (SSSR count). The Morgan fingerprint density at radius 1 is 1.08 bits per heavy atom. The molecule has 5 heteroatoms. The fourth-order valence-corrected chi connectivity index (χ4v) is 3.55. The van der Waals surface area contributed by atoms with Crippen LogP contribution in [-0.4, -0.2) is 5.91 Å². The van der Waals surface area contributed by atoms with Crippen molar-refractivity contribution in [1.82, 2.24) is 0 Å². The molecule has 0 aliphatic rings. The molecular weight excluding hydrogens is 366 g/mol. The summed E-state index contributed by atoms with van der Waals surface area (Å²) in [4.78, 5) is 13.1. The van der Waals surface area contributed by atoms with Crippen LogP contribution >= 0.6 is 22.9 Å². The fourth-order valence-electron chi connectivity index (χ4n) is 2.59. The molecule has 0 radical (unpaired) electrons. The van der Waals surface area contributed by atoms with Crippen molar-refractivity contribution in [2.45, 2.75) is 27.4 Å². The molecular formula is C21H20ClNO2S. The zero-order valence-corrected chi connectivity index (χ0v) is 16.5. The van der Waals surface area contributed by atoms with Gasteiger partial charge in [0.2, 0.25) is 0 Å². The number of carbonyl (C=O) groups is 1. The Labute approximate surface area is 162 Å². The third-order valence-corrected chi connectivity index (χ3v) is 5.28. The number of carbonyl (C=O) groups excluding carboxylic acids is 1. The number of rotatable bonds is 5. The van der Waals surface area contributed by atoms with E-state index in [0.717, 1.165) is 22.4 Å². The number of aryl methyl sites for hydroxylation is 3. The maximum Gasteiger partial charge on any atom is 0.265 e. The molecule has 26 heavy (non-hydrogen) atoms. The van der Waals surface area contributed by atoms with Crippen molar-refractivity contribution >= 4 is 34.5 Å². The van der Waals surface area contributed by atoms with Crippen molar-refractivity contribution < 1.29 is 9.53 Å². The molecule has 1 aromatic heterocycles. The number of benzene rings is 2. The van der Waals surface area contributed by atoms with Gasteiger partial charge < -0.3 is 10.1 Å². The molecule has 3 nitrogen and oxygen atoms in total. The van der Waals surface area contributed by atoms with E-state index >= 15 is 0 Å². The molecule has 0 unspecified atom stereocenters. The Kier molecular flexibility index (Phi) is 5.64. The minimum atomic E-state index is -0.109. The van der Waals surface area contributed by atoms with Crippen molar-refractivity contribution in [3.63, 3.8) is 0 Å². The van der Waals surface area contributed by atoms with Crippen molar-refractivity contribution in [3.05, 3.63) is 80.0 Å². The van der Waals surface area contributed by atoms with Crippen LogP contribution in [-0.2, 0) is 6.61 Å². The second-order valence-electron chi connectivity index (χ2n) is 6.31. The number of thiophene rings is 1. The summed E-state index contributed by atoms with van der Waals surface area (Å²) < 4.78 is 5.79. The van der Waals surface area contributed by atoms with Gasteiger partial charge in [0.1, 0.15) is 12.4 Å². The fraction of sp³-hybridized carbons (Fsp3) is 0.190. The largest absolute Gasteiger partial charge is 0.487 e. The molecule has 0 saturated heterocycles. The first-order valence-corrected chi connectivity index (χ1v) is 9.53. The topological polar surface area (TPSA) is 38.3 Å². The van der Waals surface area contributed by atoms with Crippen LogP contribution in [0.25, 0.3) is 0 Å². The van der Waals surface area contributed by atoms with E-state index in [1.54, 1.807) is 0 Å². The van der Waals surface area contributed by atoms with Crippen LogP contribution in [0.3, 0.4) is 0 Å². The van der Waals surface area contributed by atoms with E-state index in [1.165, 1.54) is 16.9 Å². The Hall–Kier alpha value is -2.30. The van der Waals surface area contributed by atoms with Crippen molar-refractivity contribution in [1.29, 1.82) is 0 Å². The minimum absolute atomic E-state index is 0.109. The lowest BCUT2D eigenvalue weighted by Gasteiger charge is -2.08. The highest BCUT2D eigenvalue weighted by Crippen LogP contribution is 2.27. The van der Waals surface area contributed by atoms with E-state index in [4.69, 9.17) is 16.3 Å². The number of anilines is 1. The van der Waals surface area contributed by atoms with Gasteiger partial charge >= 0.3 is 0 Å². The molecule has 0 aliphatic heterocycles. The molecule has 2 aromatic carbocycles. The zero-order chi connectivity index (χ0) is 18.7. The predicted octanol–water partition coefficient (Wildman–Crippen LogP) is 6.16. The maximum atomic E-state index is 12.5. The van der Waals surface area contributed by atoms with Gasteiger partial charge in [-0.05, 0) is 61.5 Å². The van der Waals surface area contributed by atoms with Gasteiger partial charge in [-0.1, -0.05) is 35.4 Å². The number of ether oxygens (including phenoxy) is 1. The summed E-state index contributed by atoms with van der Waals surface area (Å²) in [6.45, 7) is 6.38. The van der Waals surface area contributed by atoms with E-state index in [-0.39, 0.29) is 5.91 Å². The number of hydrogen-bond acceptors (Lipinski definition) is 3. The summed E-state index contributed by atoms with van der Waals surface area (Å²) in [5, 5.41) is 5.48. The summed E-state index contributed by atoms with van der Waals surface area (Å²) >= 11 is 7.55. The van der Waals surface area contributed by atoms with Crippen LogP contribution in [0.1, 0.15) is 31.9 Å². The lowest BCUT2D eigenvalue weighted by atomic mass is 10.1. The highest BCUT2D eigenvalue weighted by molar-refractivity contribution is 7.12. The SMILES string of the molecule is Cc1ccc(NC(=O)c2cc(COc3cc(C)ccc3Cl)cs2)c(C)c1. The average Bonchev–Trinajstić information content (AvgIpc) is 3.07. The summed E-state index contributed by atoms with van der Waals surface area (Å²) in [5.41, 5.74) is 5.08. The molecule has 1 amide bonds. The summed E-state index contributed by atoms with van der Waals surface area (Å²) in [5.74, 6) is 0.543.